The molecule has 26 heavy (non-hydrogen) atoms. The standard InChI is InChI=1S/C19H28N4O3/c1-3-18(24)23-8-4-5-15(14-23)19(25)22-11-9-21(10-12-22)16-6-7-20-13-17(16)26-2/h6-7,13,15H,3-5,8-12,14H2,1-2H3. The number of aromatic nitrogens is 1. The van der Waals surface area contributed by atoms with Gasteiger partial charge >= 0.3 is 0 Å². The van der Waals surface area contributed by atoms with Crippen LogP contribution in [0.3, 0.4) is 0 Å². The van der Waals surface area contributed by atoms with E-state index in [1.165, 1.54) is 0 Å². The lowest BCUT2D eigenvalue weighted by atomic mass is 9.96. The van der Waals surface area contributed by atoms with Crippen molar-refractivity contribution in [2.75, 3.05) is 51.3 Å². The maximum atomic E-state index is 12.9. The SMILES string of the molecule is CCC(=O)N1CCCC(C(=O)N2CCN(c3ccncc3OC)CC2)C1. The lowest BCUT2D eigenvalue weighted by molar-refractivity contribution is -0.141. The maximum Gasteiger partial charge on any atom is 0.227 e. The summed E-state index contributed by atoms with van der Waals surface area (Å²) in [5.41, 5.74) is 1.02. The molecule has 2 aliphatic rings. The molecule has 1 aromatic heterocycles. The van der Waals surface area contributed by atoms with E-state index in [0.29, 0.717) is 26.1 Å². The Balaban J connectivity index is 1.57. The highest BCUT2D eigenvalue weighted by molar-refractivity contribution is 5.81. The number of hydrogen-bond acceptors (Lipinski definition) is 5. The second-order valence-electron chi connectivity index (χ2n) is 6.89. The lowest BCUT2D eigenvalue weighted by Gasteiger charge is -2.40. The minimum atomic E-state index is -0.0544. The molecule has 3 heterocycles. The smallest absolute Gasteiger partial charge is 0.227 e. The van der Waals surface area contributed by atoms with Crippen LogP contribution in [0.15, 0.2) is 18.5 Å². The van der Waals surface area contributed by atoms with Crippen LogP contribution in [0.5, 0.6) is 5.75 Å². The van der Waals surface area contributed by atoms with E-state index in [1.807, 2.05) is 22.8 Å². The molecular weight excluding hydrogens is 332 g/mol. The summed E-state index contributed by atoms with van der Waals surface area (Å²) in [6, 6.07) is 1.95. The molecule has 0 spiro atoms. The number of piperazine rings is 1. The fourth-order valence-electron chi connectivity index (χ4n) is 3.85. The molecule has 0 aliphatic carbocycles. The lowest BCUT2D eigenvalue weighted by Crippen LogP contribution is -2.53. The van der Waals surface area contributed by atoms with E-state index in [-0.39, 0.29) is 17.7 Å². The largest absolute Gasteiger partial charge is 0.493 e. The predicted octanol–water partition coefficient (Wildman–Crippen LogP) is 1.39. The monoisotopic (exact) mass is 360 g/mol. The second kappa shape index (κ2) is 8.38. The van der Waals surface area contributed by atoms with Gasteiger partial charge in [-0.05, 0) is 18.9 Å². The van der Waals surface area contributed by atoms with Crippen molar-refractivity contribution in [3.63, 3.8) is 0 Å². The van der Waals surface area contributed by atoms with Gasteiger partial charge < -0.3 is 19.4 Å². The molecule has 0 N–H and O–H groups in total. The van der Waals surface area contributed by atoms with Crippen LogP contribution >= 0.6 is 0 Å². The number of nitrogens with zero attached hydrogens (tertiary/aromatic N) is 4. The van der Waals surface area contributed by atoms with Crippen LogP contribution in [-0.4, -0.2) is 73.0 Å². The first-order chi connectivity index (χ1) is 12.6. The Hall–Kier alpha value is -2.31. The molecule has 2 saturated heterocycles. The predicted molar refractivity (Wildman–Crippen MR) is 99.2 cm³/mol. The molecule has 2 aliphatic heterocycles. The van der Waals surface area contributed by atoms with E-state index in [4.69, 9.17) is 4.74 Å². The molecule has 1 aromatic rings. The van der Waals surface area contributed by atoms with Crippen molar-refractivity contribution < 1.29 is 14.3 Å². The molecule has 3 rings (SSSR count). The summed E-state index contributed by atoms with van der Waals surface area (Å²) in [7, 11) is 1.65. The van der Waals surface area contributed by atoms with Gasteiger partial charge in [0.05, 0.1) is 24.9 Å². The van der Waals surface area contributed by atoms with Crippen LogP contribution < -0.4 is 9.64 Å². The minimum absolute atomic E-state index is 0.0544. The Morgan fingerprint density at radius 3 is 2.65 bits per heavy atom. The van der Waals surface area contributed by atoms with E-state index >= 15 is 0 Å². The summed E-state index contributed by atoms with van der Waals surface area (Å²) < 4.78 is 5.39. The molecule has 142 valence electrons. The average Bonchev–Trinajstić information content (AvgIpc) is 2.72. The zero-order chi connectivity index (χ0) is 18.5. The Kier molecular flexibility index (Phi) is 5.96. The number of likely N-dealkylation sites (tertiary alicyclic amines) is 1. The number of piperidine rings is 1. The topological polar surface area (TPSA) is 66.0 Å². The summed E-state index contributed by atoms with van der Waals surface area (Å²) in [5, 5.41) is 0. The van der Waals surface area contributed by atoms with Crippen molar-refractivity contribution in [3.8, 4) is 5.75 Å². The van der Waals surface area contributed by atoms with Crippen LogP contribution in [-0.2, 0) is 9.59 Å². The summed E-state index contributed by atoms with van der Waals surface area (Å²) >= 11 is 0. The van der Waals surface area contributed by atoms with Gasteiger partial charge in [-0.2, -0.15) is 0 Å². The van der Waals surface area contributed by atoms with E-state index in [9.17, 15) is 9.59 Å². The molecule has 0 radical (unpaired) electrons. The minimum Gasteiger partial charge on any atom is -0.493 e. The van der Waals surface area contributed by atoms with Gasteiger partial charge in [0.2, 0.25) is 11.8 Å². The fourth-order valence-corrected chi connectivity index (χ4v) is 3.85. The Labute approximate surface area is 154 Å². The highest BCUT2D eigenvalue weighted by Crippen LogP contribution is 2.28. The zero-order valence-corrected chi connectivity index (χ0v) is 15.7. The third kappa shape index (κ3) is 3.92. The van der Waals surface area contributed by atoms with Crippen molar-refractivity contribution in [2.45, 2.75) is 26.2 Å². The van der Waals surface area contributed by atoms with E-state index in [2.05, 4.69) is 9.88 Å². The molecule has 1 unspecified atom stereocenters. The maximum absolute atomic E-state index is 12.9. The number of amides is 2. The van der Waals surface area contributed by atoms with Gasteiger partial charge in [0.15, 0.2) is 5.75 Å². The van der Waals surface area contributed by atoms with Gasteiger partial charge in [-0.25, -0.2) is 0 Å². The van der Waals surface area contributed by atoms with E-state index in [0.717, 1.165) is 43.9 Å². The molecule has 7 heteroatoms. The van der Waals surface area contributed by atoms with Gasteiger partial charge in [0.25, 0.3) is 0 Å². The van der Waals surface area contributed by atoms with Crippen molar-refractivity contribution >= 4 is 17.5 Å². The fraction of sp³-hybridized carbons (Fsp3) is 0.632. The van der Waals surface area contributed by atoms with Gasteiger partial charge in [-0.3, -0.25) is 14.6 Å². The van der Waals surface area contributed by atoms with Gasteiger partial charge in [0.1, 0.15) is 0 Å². The average molecular weight is 360 g/mol. The van der Waals surface area contributed by atoms with Crippen LogP contribution in [0, 0.1) is 5.92 Å². The number of carbonyl (C=O) groups excluding carboxylic acids is 2. The molecular formula is C19H28N4O3. The van der Waals surface area contributed by atoms with Crippen LogP contribution in [0.2, 0.25) is 0 Å². The van der Waals surface area contributed by atoms with Crippen LogP contribution in [0.4, 0.5) is 5.69 Å². The van der Waals surface area contributed by atoms with Crippen molar-refractivity contribution in [3.05, 3.63) is 18.5 Å². The summed E-state index contributed by atoms with van der Waals surface area (Å²) in [5.74, 6) is 1.05. The summed E-state index contributed by atoms with van der Waals surface area (Å²) in [4.78, 5) is 35.0. The molecule has 1 atom stereocenters. The first-order valence-corrected chi connectivity index (χ1v) is 9.43. The molecule has 0 aromatic carbocycles. The first-order valence-electron chi connectivity index (χ1n) is 9.43. The number of hydrogen-bond donors (Lipinski definition) is 0. The first kappa shape index (κ1) is 18.5. The highest BCUT2D eigenvalue weighted by atomic mass is 16.5. The molecule has 0 bridgehead atoms. The number of rotatable bonds is 4. The summed E-state index contributed by atoms with van der Waals surface area (Å²) in [6.45, 7) is 6.17. The molecule has 2 fully saturated rings. The quantitative estimate of drug-likeness (QED) is 0.812. The molecule has 2 amide bonds. The van der Waals surface area contributed by atoms with Crippen molar-refractivity contribution in [1.82, 2.24) is 14.8 Å². The normalized spacial score (nSPS) is 20.8. The summed E-state index contributed by atoms with van der Waals surface area (Å²) in [6.07, 6.45) is 5.78. The van der Waals surface area contributed by atoms with E-state index in [1.54, 1.807) is 19.5 Å². The number of methoxy groups -OCH3 is 1. The number of carbonyl (C=O) groups is 2. The third-order valence-electron chi connectivity index (χ3n) is 5.34. The van der Waals surface area contributed by atoms with Crippen molar-refractivity contribution in [1.29, 1.82) is 0 Å². The number of pyridine rings is 1. The molecule has 0 saturated carbocycles. The zero-order valence-electron chi connectivity index (χ0n) is 15.7. The number of ether oxygens (including phenoxy) is 1. The van der Waals surface area contributed by atoms with Gasteiger partial charge in [0, 0.05) is 51.9 Å². The van der Waals surface area contributed by atoms with E-state index < -0.39 is 0 Å². The Morgan fingerprint density at radius 1 is 1.19 bits per heavy atom. The van der Waals surface area contributed by atoms with Crippen molar-refractivity contribution in [2.24, 2.45) is 5.92 Å². The Morgan fingerprint density at radius 2 is 1.96 bits per heavy atom. The van der Waals surface area contributed by atoms with Crippen LogP contribution in [0.1, 0.15) is 26.2 Å². The van der Waals surface area contributed by atoms with Crippen LogP contribution in [0.25, 0.3) is 0 Å². The molecule has 7 nitrogen and oxygen atoms in total. The second-order valence-corrected chi connectivity index (χ2v) is 6.89. The van der Waals surface area contributed by atoms with Gasteiger partial charge in [-0.15, -0.1) is 0 Å². The Bertz CT molecular complexity index is 643. The third-order valence-corrected chi connectivity index (χ3v) is 5.34. The highest BCUT2D eigenvalue weighted by Gasteiger charge is 2.32. The number of anilines is 1. The van der Waals surface area contributed by atoms with Gasteiger partial charge in [-0.1, -0.05) is 6.92 Å².